The van der Waals surface area contributed by atoms with Gasteiger partial charge in [-0.2, -0.15) is 4.72 Å². The molecule has 0 radical (unpaired) electrons. The van der Waals surface area contributed by atoms with Crippen LogP contribution in [0.3, 0.4) is 0 Å². The van der Waals surface area contributed by atoms with Crippen molar-refractivity contribution in [3.63, 3.8) is 0 Å². The van der Waals surface area contributed by atoms with Gasteiger partial charge >= 0.3 is 11.9 Å². The number of hydrogen-bond acceptors (Lipinski definition) is 7. The van der Waals surface area contributed by atoms with Crippen LogP contribution in [-0.4, -0.2) is 54.3 Å². The molecule has 0 saturated heterocycles. The predicted molar refractivity (Wildman–Crippen MR) is 227 cm³/mol. The van der Waals surface area contributed by atoms with Gasteiger partial charge in [0.05, 0.1) is 22.3 Å². The number of benzene rings is 1. The Hall–Kier alpha value is -2.76. The lowest BCUT2D eigenvalue weighted by Crippen LogP contribution is -2.68. The Morgan fingerprint density at radius 2 is 1.49 bits per heavy atom. The molecule has 6 aliphatic rings. The van der Waals surface area contributed by atoms with E-state index < -0.39 is 50.2 Å². The normalized spacial score (nSPS) is 38.6. The molecule has 3 N–H and O–H groups in total. The fourth-order valence-corrected chi connectivity index (χ4v) is 15.8. The lowest BCUT2D eigenvalue weighted by molar-refractivity contribution is -0.235. The van der Waals surface area contributed by atoms with Crippen molar-refractivity contribution in [1.29, 1.82) is 0 Å². The average Bonchev–Trinajstić information content (AvgIpc) is 3.40. The Morgan fingerprint density at radius 3 is 2.08 bits per heavy atom. The second-order valence-electron chi connectivity index (χ2n) is 22.2. The van der Waals surface area contributed by atoms with Crippen molar-refractivity contribution in [2.45, 2.75) is 162 Å². The molecule has 59 heavy (non-hydrogen) atoms. The topological polar surface area (TPSA) is 156 Å². The number of carbonyl (C=O) groups excluding carboxylic acids is 3. The van der Waals surface area contributed by atoms with Crippen molar-refractivity contribution in [3.05, 3.63) is 40.4 Å². The smallest absolute Gasteiger partial charge is 0.309 e. The van der Waals surface area contributed by atoms with Gasteiger partial charge in [-0.3, -0.25) is 19.2 Å². The van der Waals surface area contributed by atoms with Crippen LogP contribution in [0.15, 0.2) is 40.3 Å². The first kappa shape index (κ1) is 44.3. The van der Waals surface area contributed by atoms with Crippen LogP contribution in [0.2, 0.25) is 5.02 Å². The van der Waals surface area contributed by atoms with Crippen molar-refractivity contribution in [2.24, 2.45) is 62.6 Å². The summed E-state index contributed by atoms with van der Waals surface area (Å²) in [5, 5.41) is 13.4. The number of ketones is 1. The number of sulfonamides is 1. The molecule has 0 heterocycles. The van der Waals surface area contributed by atoms with Crippen molar-refractivity contribution in [1.82, 2.24) is 10.0 Å². The fourth-order valence-electron chi connectivity index (χ4n) is 14.3. The lowest BCUT2D eigenvalue weighted by atomic mass is 9.33. The summed E-state index contributed by atoms with van der Waals surface area (Å²) in [6, 6.07) is 5.82. The number of halogens is 1. The van der Waals surface area contributed by atoms with E-state index in [4.69, 9.17) is 16.3 Å². The first-order valence-corrected chi connectivity index (χ1v) is 23.8. The number of fused-ring (bicyclic) bond motifs is 7. The molecular formula is C47H67ClN2O8S. The summed E-state index contributed by atoms with van der Waals surface area (Å²) in [6.45, 7) is 23.0. The molecule has 5 saturated carbocycles. The number of nitrogens with one attached hydrogen (secondary N) is 2. The zero-order valence-electron chi connectivity index (χ0n) is 37.0. The highest BCUT2D eigenvalue weighted by Gasteiger charge is 2.71. The third kappa shape index (κ3) is 6.58. The van der Waals surface area contributed by atoms with E-state index in [1.807, 2.05) is 13.8 Å². The Kier molecular flexibility index (Phi) is 10.6. The van der Waals surface area contributed by atoms with E-state index in [1.165, 1.54) is 24.3 Å². The molecule has 1 aromatic carbocycles. The number of hydrogen-bond donors (Lipinski definition) is 3. The van der Waals surface area contributed by atoms with E-state index in [1.54, 1.807) is 13.8 Å². The van der Waals surface area contributed by atoms with Gasteiger partial charge in [0.2, 0.25) is 15.9 Å². The average molecular weight is 856 g/mol. The Morgan fingerprint density at radius 1 is 0.847 bits per heavy atom. The van der Waals surface area contributed by atoms with Crippen molar-refractivity contribution >= 4 is 45.3 Å². The monoisotopic (exact) mass is 854 g/mol. The number of amides is 1. The second-order valence-corrected chi connectivity index (χ2v) is 24.3. The molecule has 1 unspecified atom stereocenters. The van der Waals surface area contributed by atoms with Gasteiger partial charge in [0.25, 0.3) is 0 Å². The second kappa shape index (κ2) is 14.1. The molecular weight excluding hydrogens is 788 g/mol. The number of ether oxygens (including phenoxy) is 1. The van der Waals surface area contributed by atoms with Crippen LogP contribution in [0.4, 0.5) is 0 Å². The molecule has 0 spiro atoms. The van der Waals surface area contributed by atoms with Crippen LogP contribution >= 0.6 is 11.6 Å². The molecule has 326 valence electrons. The highest BCUT2D eigenvalue weighted by molar-refractivity contribution is 7.89. The van der Waals surface area contributed by atoms with E-state index in [-0.39, 0.29) is 62.7 Å². The number of aliphatic carboxylic acids is 1. The van der Waals surface area contributed by atoms with E-state index in [9.17, 15) is 32.7 Å². The minimum Gasteiger partial charge on any atom is -0.481 e. The van der Waals surface area contributed by atoms with Crippen LogP contribution in [0, 0.1) is 62.6 Å². The molecule has 5 fully saturated rings. The molecule has 0 bridgehead atoms. The highest BCUT2D eigenvalue weighted by atomic mass is 35.5. The first-order chi connectivity index (χ1) is 27.1. The summed E-state index contributed by atoms with van der Waals surface area (Å²) in [7, 11) is -4.07. The van der Waals surface area contributed by atoms with Crippen molar-refractivity contribution < 1.29 is 37.4 Å². The largest absolute Gasteiger partial charge is 0.481 e. The van der Waals surface area contributed by atoms with Gasteiger partial charge < -0.3 is 15.2 Å². The zero-order valence-corrected chi connectivity index (χ0v) is 38.6. The number of carboxylic acid groups (broad SMARTS) is 1. The Labute approximate surface area is 356 Å². The lowest BCUT2D eigenvalue weighted by Gasteiger charge is -2.72. The summed E-state index contributed by atoms with van der Waals surface area (Å²) >= 11 is 6.02. The first-order valence-electron chi connectivity index (χ1n) is 21.9. The van der Waals surface area contributed by atoms with Gasteiger partial charge in [0, 0.05) is 16.9 Å². The molecule has 1 amide bonds. The number of Topliss-reactive ketones (excluding diaryl/α,β-unsaturated/α-hetero) is 1. The van der Waals surface area contributed by atoms with Crippen LogP contribution in [-0.2, 0) is 33.9 Å². The van der Waals surface area contributed by atoms with Crippen LogP contribution in [0.1, 0.15) is 140 Å². The number of carboxylic acids is 1. The minimum absolute atomic E-state index is 0.00721. The van der Waals surface area contributed by atoms with E-state index in [0.717, 1.165) is 56.1 Å². The van der Waals surface area contributed by atoms with Gasteiger partial charge in [0.1, 0.15) is 11.6 Å². The van der Waals surface area contributed by atoms with E-state index in [2.05, 4.69) is 58.5 Å². The van der Waals surface area contributed by atoms with Gasteiger partial charge in [-0.1, -0.05) is 73.9 Å². The maximum absolute atomic E-state index is 14.4. The zero-order chi connectivity index (χ0) is 43.7. The Balaban J connectivity index is 1.14. The van der Waals surface area contributed by atoms with E-state index in [0.29, 0.717) is 29.7 Å². The molecule has 12 heteroatoms. The van der Waals surface area contributed by atoms with Gasteiger partial charge in [-0.15, -0.1) is 0 Å². The molecule has 10 nitrogen and oxygen atoms in total. The standard InChI is InChI=1S/C47H67ClN2O8S/c1-26(2)36-32(51)25-47(49-40(55)43(7,8)50-59(56,57)28-14-12-27(48)13-15-28)23-22-45(10)29(37(36)47)16-17-34-44(9)20-19-35(42(5,6)33(44)18-21-46(34,45)11)58-39(54)31-24-30(38(52)53)41(31,3)4/h12-15,26,29-31,33-35,50H,16-25H2,1-11H3,(H,49,55)(H,52,53)/t29-,30+,31-,33?,34-,35+,44+,45-,46-,47-/m1/s1. The number of carbonyl (C=O) groups is 4. The summed E-state index contributed by atoms with van der Waals surface area (Å²) < 4.78 is 36.0. The highest BCUT2D eigenvalue weighted by Crippen LogP contribution is 2.76. The van der Waals surface area contributed by atoms with Gasteiger partial charge in [-0.05, 0) is 152 Å². The third-order valence-corrected chi connectivity index (χ3v) is 19.8. The maximum atomic E-state index is 14.4. The number of rotatable bonds is 9. The third-order valence-electron chi connectivity index (χ3n) is 17.9. The van der Waals surface area contributed by atoms with Crippen molar-refractivity contribution in [3.8, 4) is 0 Å². The quantitative estimate of drug-likeness (QED) is 0.208. The summed E-state index contributed by atoms with van der Waals surface area (Å²) in [6.07, 6.45) is 7.23. The molecule has 10 atom stereocenters. The van der Waals surface area contributed by atoms with Gasteiger partial charge in [0.15, 0.2) is 5.78 Å². The number of esters is 1. The molecule has 0 aromatic heterocycles. The van der Waals surface area contributed by atoms with Gasteiger partial charge in [-0.25, -0.2) is 8.42 Å². The van der Waals surface area contributed by atoms with Crippen LogP contribution in [0.5, 0.6) is 0 Å². The maximum Gasteiger partial charge on any atom is 0.309 e. The van der Waals surface area contributed by atoms with E-state index >= 15 is 0 Å². The fraction of sp³-hybridized carbons (Fsp3) is 0.745. The molecule has 6 aliphatic carbocycles. The summed E-state index contributed by atoms with van der Waals surface area (Å²) in [5.74, 6) is -1.72. The Bertz CT molecular complexity index is 2090. The molecule has 0 aliphatic heterocycles. The SMILES string of the molecule is CC(C)C1=C2[C@H]3CC[C@@H]4[C@@]5(C)CC[C@H](OC(=O)[C@H]6C[C@@H](C(=O)O)C6(C)C)C(C)(C)C5CC[C@@]4(C)[C@]3(C)CC[C@@]2(NC(=O)C(C)(C)NS(=O)(=O)c2ccc(Cl)cc2)CC1=O. The summed E-state index contributed by atoms with van der Waals surface area (Å²) in [4.78, 5) is 54.0. The van der Waals surface area contributed by atoms with Crippen LogP contribution < -0.4 is 10.0 Å². The predicted octanol–water partition coefficient (Wildman–Crippen LogP) is 8.90. The van der Waals surface area contributed by atoms with Crippen LogP contribution in [0.25, 0.3) is 0 Å². The molecule has 7 rings (SSSR count). The minimum atomic E-state index is -4.07. The summed E-state index contributed by atoms with van der Waals surface area (Å²) in [5.41, 5.74) is -1.66. The molecule has 1 aromatic rings. The number of allylic oxidation sites excluding steroid dienone is 1. The van der Waals surface area contributed by atoms with Crippen molar-refractivity contribution in [2.75, 3.05) is 0 Å².